The molecule has 13 unspecified atom stereocenters. The number of ether oxygens (including phenoxy) is 4. The smallest absolute Gasteiger partial charge is 0.0923 e. The predicted molar refractivity (Wildman–Crippen MR) is 143 cm³/mol. The van der Waals surface area contributed by atoms with Crippen LogP contribution < -0.4 is 0 Å². The summed E-state index contributed by atoms with van der Waals surface area (Å²) in [7, 11) is 0. The molecule has 4 saturated carbocycles. The average Bonchev–Trinajstić information content (AvgIpc) is 3.72. The summed E-state index contributed by atoms with van der Waals surface area (Å²) in [5.41, 5.74) is 0.810. The molecule has 0 aromatic carbocycles. The zero-order valence-corrected chi connectivity index (χ0v) is 24.0. The third-order valence-corrected chi connectivity index (χ3v) is 13.5. The quantitative estimate of drug-likeness (QED) is 0.322. The first-order valence-electron chi connectivity index (χ1n) is 16.4. The van der Waals surface area contributed by atoms with Crippen LogP contribution in [0.25, 0.3) is 0 Å². The van der Waals surface area contributed by atoms with Gasteiger partial charge in [-0.1, -0.05) is 12.8 Å². The molecule has 0 aromatic rings. The molecule has 0 bridgehead atoms. The fourth-order valence-corrected chi connectivity index (χ4v) is 11.1. The molecule has 4 nitrogen and oxygen atoms in total. The Balaban J connectivity index is 0.981. The van der Waals surface area contributed by atoms with E-state index in [0.717, 1.165) is 35.5 Å². The van der Waals surface area contributed by atoms with E-state index in [2.05, 4.69) is 27.7 Å². The van der Waals surface area contributed by atoms with E-state index in [0.29, 0.717) is 24.4 Å². The molecule has 0 radical (unpaired) electrons. The van der Waals surface area contributed by atoms with Gasteiger partial charge in [0.15, 0.2) is 0 Å². The Bertz CT molecular complexity index is 888. The third-order valence-electron chi connectivity index (χ3n) is 13.5. The maximum Gasteiger partial charge on any atom is 0.0923 e. The second-order valence-corrected chi connectivity index (χ2v) is 16.0. The first-order valence-corrected chi connectivity index (χ1v) is 16.4. The molecule has 37 heavy (non-hydrogen) atoms. The Labute approximate surface area is 225 Å². The second-order valence-electron chi connectivity index (χ2n) is 16.0. The molecule has 8 rings (SSSR count). The summed E-state index contributed by atoms with van der Waals surface area (Å²) in [6.45, 7) is 9.58. The van der Waals surface area contributed by atoms with Crippen molar-refractivity contribution in [3.05, 3.63) is 0 Å². The van der Waals surface area contributed by atoms with Gasteiger partial charge in [0, 0.05) is 0 Å². The topological polar surface area (TPSA) is 50.1 Å². The van der Waals surface area contributed by atoms with Crippen LogP contribution in [-0.4, -0.2) is 46.8 Å². The fraction of sp³-hybridized carbons (Fsp3) is 1.00. The Hall–Kier alpha value is -0.160. The molecule has 13 atom stereocenters. The highest BCUT2D eigenvalue weighted by Gasteiger charge is 2.63. The standard InChI is InChI=1S/C33H52O4/c1-30-16-6-9-25(29(30)37-30)24(22-12-15-28-33(4,19-22)36-28)8-5-7-23(20-10-13-26-31(2,17-20)34-26)21-11-14-27-32(3,18-21)35-27/h20-29H,5-19H2,1-4H3. The molecule has 8 fully saturated rings. The van der Waals surface area contributed by atoms with Crippen LogP contribution in [0.4, 0.5) is 0 Å². The number of rotatable bonds is 8. The molecule has 0 amide bonds. The van der Waals surface area contributed by atoms with E-state index in [1.165, 1.54) is 96.3 Å². The fourth-order valence-electron chi connectivity index (χ4n) is 11.1. The van der Waals surface area contributed by atoms with E-state index in [-0.39, 0.29) is 22.4 Å². The average molecular weight is 513 g/mol. The van der Waals surface area contributed by atoms with Crippen LogP contribution in [0.5, 0.6) is 0 Å². The number of hydrogen-bond donors (Lipinski definition) is 0. The van der Waals surface area contributed by atoms with Crippen LogP contribution in [-0.2, 0) is 18.9 Å². The number of hydrogen-bond acceptors (Lipinski definition) is 4. The maximum atomic E-state index is 6.43. The van der Waals surface area contributed by atoms with Crippen LogP contribution in [0, 0.1) is 35.5 Å². The van der Waals surface area contributed by atoms with E-state index in [1.54, 1.807) is 0 Å². The van der Waals surface area contributed by atoms with Crippen molar-refractivity contribution in [1.82, 2.24) is 0 Å². The highest BCUT2D eigenvalue weighted by molar-refractivity contribution is 5.11. The Kier molecular flexibility index (Phi) is 5.46. The van der Waals surface area contributed by atoms with Crippen molar-refractivity contribution in [2.45, 2.75) is 171 Å². The maximum absolute atomic E-state index is 6.43. The van der Waals surface area contributed by atoms with Crippen molar-refractivity contribution in [2.24, 2.45) is 35.5 Å². The van der Waals surface area contributed by atoms with Gasteiger partial charge >= 0.3 is 0 Å². The summed E-state index contributed by atoms with van der Waals surface area (Å²) in [4.78, 5) is 0. The van der Waals surface area contributed by atoms with Crippen LogP contribution in [0.2, 0.25) is 0 Å². The van der Waals surface area contributed by atoms with E-state index in [9.17, 15) is 0 Å². The lowest BCUT2D eigenvalue weighted by Crippen LogP contribution is -2.37. The Morgan fingerprint density at radius 3 is 1.57 bits per heavy atom. The molecule has 0 N–H and O–H groups in total. The monoisotopic (exact) mass is 512 g/mol. The van der Waals surface area contributed by atoms with Crippen LogP contribution in [0.3, 0.4) is 0 Å². The van der Waals surface area contributed by atoms with E-state index in [1.807, 2.05) is 0 Å². The van der Waals surface area contributed by atoms with Crippen molar-refractivity contribution < 1.29 is 18.9 Å². The number of fused-ring (bicyclic) bond motifs is 4. The molecule has 0 spiro atoms. The van der Waals surface area contributed by atoms with Crippen LogP contribution in [0.15, 0.2) is 0 Å². The summed E-state index contributed by atoms with van der Waals surface area (Å²) < 4.78 is 25.0. The normalized spacial score (nSPS) is 58.7. The molecule has 4 heterocycles. The van der Waals surface area contributed by atoms with Gasteiger partial charge in [-0.25, -0.2) is 0 Å². The van der Waals surface area contributed by atoms with Gasteiger partial charge in [0.05, 0.1) is 46.8 Å². The molecule has 4 aliphatic carbocycles. The predicted octanol–water partition coefficient (Wildman–Crippen LogP) is 7.22. The van der Waals surface area contributed by atoms with E-state index >= 15 is 0 Å². The first kappa shape index (κ1) is 24.6. The molecular weight excluding hydrogens is 460 g/mol. The molecule has 4 heteroatoms. The molecular formula is C33H52O4. The van der Waals surface area contributed by atoms with Gasteiger partial charge in [-0.15, -0.1) is 0 Å². The summed E-state index contributed by atoms with van der Waals surface area (Å²) in [6, 6.07) is 0. The lowest BCUT2D eigenvalue weighted by atomic mass is 9.63. The van der Waals surface area contributed by atoms with Crippen molar-refractivity contribution in [3.63, 3.8) is 0 Å². The summed E-state index contributed by atoms with van der Waals surface area (Å²) in [6.07, 6.45) is 22.5. The van der Waals surface area contributed by atoms with Crippen molar-refractivity contribution in [1.29, 1.82) is 0 Å². The molecule has 4 aliphatic heterocycles. The van der Waals surface area contributed by atoms with Gasteiger partial charge in [-0.2, -0.15) is 0 Å². The molecule has 0 aromatic heterocycles. The second kappa shape index (κ2) is 8.20. The minimum absolute atomic E-state index is 0.197. The molecule has 4 saturated heterocycles. The van der Waals surface area contributed by atoms with Gasteiger partial charge in [-0.3, -0.25) is 0 Å². The SMILES string of the molecule is CC12CC(C(CCCC(C3CCC4OC4(C)C3)C3CCCC4(C)OC34)C3CCC4OC4(C)C3)CCC1O2. The summed E-state index contributed by atoms with van der Waals surface area (Å²) in [5, 5.41) is 0. The highest BCUT2D eigenvalue weighted by Crippen LogP contribution is 2.60. The van der Waals surface area contributed by atoms with Gasteiger partial charge < -0.3 is 18.9 Å². The zero-order chi connectivity index (χ0) is 25.2. The lowest BCUT2D eigenvalue weighted by Gasteiger charge is -2.40. The minimum Gasteiger partial charge on any atom is -0.366 e. The molecule has 208 valence electrons. The van der Waals surface area contributed by atoms with Crippen molar-refractivity contribution in [2.75, 3.05) is 0 Å². The molecule has 8 aliphatic rings. The number of epoxide rings is 4. The highest BCUT2D eigenvalue weighted by atomic mass is 16.6. The van der Waals surface area contributed by atoms with Crippen molar-refractivity contribution in [3.8, 4) is 0 Å². The Morgan fingerprint density at radius 2 is 1.05 bits per heavy atom. The van der Waals surface area contributed by atoms with Crippen LogP contribution >= 0.6 is 0 Å². The summed E-state index contributed by atoms with van der Waals surface area (Å²) in [5.74, 6) is 5.01. The van der Waals surface area contributed by atoms with Gasteiger partial charge in [0.1, 0.15) is 0 Å². The van der Waals surface area contributed by atoms with E-state index in [4.69, 9.17) is 18.9 Å². The Morgan fingerprint density at radius 1 is 0.568 bits per heavy atom. The third kappa shape index (κ3) is 4.20. The van der Waals surface area contributed by atoms with Gasteiger partial charge in [-0.05, 0) is 147 Å². The summed E-state index contributed by atoms with van der Waals surface area (Å²) >= 11 is 0. The minimum atomic E-state index is 0.197. The van der Waals surface area contributed by atoms with Crippen molar-refractivity contribution >= 4 is 0 Å². The van der Waals surface area contributed by atoms with Crippen LogP contribution in [0.1, 0.15) is 124 Å². The van der Waals surface area contributed by atoms with Gasteiger partial charge in [0.2, 0.25) is 0 Å². The lowest BCUT2D eigenvalue weighted by molar-refractivity contribution is 0.0957. The largest absolute Gasteiger partial charge is 0.366 e. The zero-order valence-electron chi connectivity index (χ0n) is 24.0. The first-order chi connectivity index (χ1) is 17.7. The van der Waals surface area contributed by atoms with Gasteiger partial charge in [0.25, 0.3) is 0 Å². The van der Waals surface area contributed by atoms with E-state index < -0.39 is 0 Å².